The molecule has 1 fully saturated rings. The van der Waals surface area contributed by atoms with Gasteiger partial charge in [-0.05, 0) is 6.07 Å². The normalized spacial score (nSPS) is 30.6. The second-order valence-corrected chi connectivity index (χ2v) is 5.20. The van der Waals surface area contributed by atoms with Gasteiger partial charge in [-0.25, -0.2) is 13.6 Å². The molecule has 3 atom stereocenters. The average molecular weight is 279 g/mol. The van der Waals surface area contributed by atoms with Crippen molar-refractivity contribution in [3.63, 3.8) is 0 Å². The summed E-state index contributed by atoms with van der Waals surface area (Å²) in [5.41, 5.74) is 4.35. The predicted octanol–water partition coefficient (Wildman–Crippen LogP) is -0.572. The summed E-state index contributed by atoms with van der Waals surface area (Å²) < 4.78 is 28.3. The zero-order valence-electron chi connectivity index (χ0n) is 9.03. The molecule has 2 rings (SSSR count). The van der Waals surface area contributed by atoms with Crippen LogP contribution in [0.1, 0.15) is 5.37 Å². The first-order valence-electron chi connectivity index (χ1n) is 5.04. The first-order valence-corrected chi connectivity index (χ1v) is 5.99. The summed E-state index contributed by atoms with van der Waals surface area (Å²) in [6, 6.07) is 1.22. The number of aliphatic hydroxyl groups is 2. The maximum absolute atomic E-state index is 13.8. The summed E-state index contributed by atoms with van der Waals surface area (Å²) in [6.07, 6.45) is -0.912. The third-order valence-electron chi connectivity index (χ3n) is 2.66. The highest BCUT2D eigenvalue weighted by Gasteiger charge is 2.58. The summed E-state index contributed by atoms with van der Waals surface area (Å²) in [7, 11) is 0. The van der Waals surface area contributed by atoms with Gasteiger partial charge in [0, 0.05) is 6.20 Å². The predicted molar refractivity (Wildman–Crippen MR) is 61.4 cm³/mol. The number of aliphatic hydroxyl groups excluding tert-OH is 2. The van der Waals surface area contributed by atoms with Crippen LogP contribution in [0.4, 0.5) is 14.6 Å². The van der Waals surface area contributed by atoms with Gasteiger partial charge in [0.2, 0.25) is 0 Å². The molecule has 1 aliphatic rings. The molecule has 0 aromatic carbocycles. The third kappa shape index (κ3) is 1.98. The van der Waals surface area contributed by atoms with Gasteiger partial charge in [0.15, 0.2) is 5.37 Å². The molecule has 0 radical (unpaired) electrons. The molecule has 0 aliphatic carbocycles. The highest BCUT2D eigenvalue weighted by molar-refractivity contribution is 8.00. The molecule has 9 heteroatoms. The van der Waals surface area contributed by atoms with Gasteiger partial charge in [-0.1, -0.05) is 0 Å². The van der Waals surface area contributed by atoms with Crippen LogP contribution in [0.5, 0.6) is 0 Å². The first-order chi connectivity index (χ1) is 8.37. The number of thioether (sulfide) groups is 1. The van der Waals surface area contributed by atoms with E-state index in [0.29, 0.717) is 16.3 Å². The fourth-order valence-corrected chi connectivity index (χ4v) is 3.08. The molecule has 0 bridgehead atoms. The van der Waals surface area contributed by atoms with E-state index in [1.165, 1.54) is 6.07 Å². The monoisotopic (exact) mass is 279 g/mol. The molecule has 100 valence electrons. The maximum Gasteiger partial charge on any atom is 0.350 e. The lowest BCUT2D eigenvalue weighted by molar-refractivity contribution is -0.114. The SMILES string of the molecule is Nc1ccn([C@H]2S[C@H](CO)[C@@H](O)C2(F)F)c(=O)n1. The van der Waals surface area contributed by atoms with Gasteiger partial charge in [-0.15, -0.1) is 11.8 Å². The van der Waals surface area contributed by atoms with Crippen molar-refractivity contribution in [2.75, 3.05) is 12.3 Å². The Bertz CT molecular complexity index is 510. The van der Waals surface area contributed by atoms with Gasteiger partial charge >= 0.3 is 11.6 Å². The van der Waals surface area contributed by atoms with Crippen LogP contribution in [0.3, 0.4) is 0 Å². The fourth-order valence-electron chi connectivity index (χ4n) is 1.72. The molecule has 0 spiro atoms. The molecule has 0 amide bonds. The minimum atomic E-state index is -3.53. The summed E-state index contributed by atoms with van der Waals surface area (Å²) in [5.74, 6) is -3.60. The number of nitrogen functional groups attached to an aromatic ring is 1. The molecule has 6 nitrogen and oxygen atoms in total. The van der Waals surface area contributed by atoms with Crippen molar-refractivity contribution < 1.29 is 19.0 Å². The Hall–Kier alpha value is -1.19. The summed E-state index contributed by atoms with van der Waals surface area (Å²) in [4.78, 5) is 14.9. The molecular weight excluding hydrogens is 268 g/mol. The molecule has 0 saturated carbocycles. The van der Waals surface area contributed by atoms with Gasteiger partial charge in [0.1, 0.15) is 11.9 Å². The highest BCUT2D eigenvalue weighted by Crippen LogP contribution is 2.51. The summed E-state index contributed by atoms with van der Waals surface area (Å²) >= 11 is 0.631. The van der Waals surface area contributed by atoms with Crippen molar-refractivity contribution in [2.24, 2.45) is 0 Å². The van der Waals surface area contributed by atoms with Crippen LogP contribution >= 0.6 is 11.8 Å². The van der Waals surface area contributed by atoms with Gasteiger partial charge in [0.05, 0.1) is 11.9 Å². The van der Waals surface area contributed by atoms with Gasteiger partial charge in [-0.3, -0.25) is 4.57 Å². The van der Waals surface area contributed by atoms with E-state index in [1.807, 2.05) is 0 Å². The van der Waals surface area contributed by atoms with Crippen LogP contribution in [-0.4, -0.2) is 43.6 Å². The van der Waals surface area contributed by atoms with Gasteiger partial charge in [-0.2, -0.15) is 4.98 Å². The van der Waals surface area contributed by atoms with E-state index in [-0.39, 0.29) is 5.82 Å². The van der Waals surface area contributed by atoms with Crippen LogP contribution in [0.2, 0.25) is 0 Å². The molecule has 1 saturated heterocycles. The standard InChI is InChI=1S/C9H11F2N3O3S/c10-9(11)6(16)4(3-15)18-7(9)14-2-1-5(12)13-8(14)17/h1-2,4,6-7,15-16H,3H2,(H2,12,13,17)/t4-,6-,7+/m1/s1. The Morgan fingerprint density at radius 1 is 1.61 bits per heavy atom. The summed E-state index contributed by atoms with van der Waals surface area (Å²) in [6.45, 7) is -0.602. The van der Waals surface area contributed by atoms with Crippen molar-refractivity contribution in [1.82, 2.24) is 9.55 Å². The van der Waals surface area contributed by atoms with Crippen molar-refractivity contribution in [3.8, 4) is 0 Å². The largest absolute Gasteiger partial charge is 0.395 e. The molecule has 0 unspecified atom stereocenters. The van der Waals surface area contributed by atoms with Crippen molar-refractivity contribution in [2.45, 2.75) is 22.7 Å². The Morgan fingerprint density at radius 3 is 2.78 bits per heavy atom. The Labute approximate surface area is 104 Å². The number of nitrogens with zero attached hydrogens (tertiary/aromatic N) is 2. The van der Waals surface area contributed by atoms with E-state index in [0.717, 1.165) is 6.20 Å². The zero-order valence-corrected chi connectivity index (χ0v) is 9.85. The van der Waals surface area contributed by atoms with E-state index in [1.54, 1.807) is 0 Å². The minimum absolute atomic E-state index is 0.0678. The fraction of sp³-hybridized carbons (Fsp3) is 0.556. The highest BCUT2D eigenvalue weighted by atomic mass is 32.2. The van der Waals surface area contributed by atoms with Crippen LogP contribution < -0.4 is 11.4 Å². The van der Waals surface area contributed by atoms with Crippen molar-refractivity contribution >= 4 is 17.6 Å². The number of alkyl halides is 2. The number of aromatic nitrogens is 2. The first kappa shape index (κ1) is 13.2. The van der Waals surface area contributed by atoms with Crippen LogP contribution in [-0.2, 0) is 0 Å². The van der Waals surface area contributed by atoms with E-state index in [2.05, 4.69) is 4.98 Å². The molecule has 1 aromatic heterocycles. The second kappa shape index (κ2) is 4.48. The topological polar surface area (TPSA) is 101 Å². The number of hydrogen-bond acceptors (Lipinski definition) is 6. The van der Waals surface area contributed by atoms with Gasteiger partial charge in [0.25, 0.3) is 0 Å². The van der Waals surface area contributed by atoms with E-state index in [4.69, 9.17) is 10.8 Å². The molecule has 2 heterocycles. The molecular formula is C9H11F2N3O3S. The Morgan fingerprint density at radius 2 is 2.28 bits per heavy atom. The van der Waals surface area contributed by atoms with Crippen molar-refractivity contribution in [3.05, 3.63) is 22.7 Å². The zero-order chi connectivity index (χ0) is 13.5. The number of rotatable bonds is 2. The third-order valence-corrected chi connectivity index (χ3v) is 4.22. The lowest BCUT2D eigenvalue weighted by atomic mass is 10.1. The Kier molecular flexibility index (Phi) is 3.30. The second-order valence-electron chi connectivity index (χ2n) is 3.87. The van der Waals surface area contributed by atoms with Crippen LogP contribution in [0, 0.1) is 0 Å². The lowest BCUT2D eigenvalue weighted by Gasteiger charge is -2.22. The molecule has 18 heavy (non-hydrogen) atoms. The average Bonchev–Trinajstić information content (AvgIpc) is 2.52. The summed E-state index contributed by atoms with van der Waals surface area (Å²) in [5, 5.41) is 15.7. The Balaban J connectivity index is 2.42. The number of anilines is 1. The quantitative estimate of drug-likeness (QED) is 0.670. The van der Waals surface area contributed by atoms with Crippen LogP contribution in [0.25, 0.3) is 0 Å². The number of nitrogens with two attached hydrogens (primary N) is 1. The smallest absolute Gasteiger partial charge is 0.350 e. The molecule has 1 aliphatic heterocycles. The number of hydrogen-bond donors (Lipinski definition) is 3. The number of halogens is 2. The van der Waals surface area contributed by atoms with Crippen molar-refractivity contribution in [1.29, 1.82) is 0 Å². The molecule has 1 aromatic rings. The van der Waals surface area contributed by atoms with E-state index in [9.17, 15) is 18.7 Å². The van der Waals surface area contributed by atoms with Crippen LogP contribution in [0.15, 0.2) is 17.1 Å². The van der Waals surface area contributed by atoms with E-state index >= 15 is 0 Å². The molecule has 4 N–H and O–H groups in total. The maximum atomic E-state index is 13.8. The van der Waals surface area contributed by atoms with Gasteiger partial charge < -0.3 is 15.9 Å². The lowest BCUT2D eigenvalue weighted by Crippen LogP contribution is -2.41. The van der Waals surface area contributed by atoms with E-state index < -0.39 is 34.9 Å². The minimum Gasteiger partial charge on any atom is -0.395 e.